The van der Waals surface area contributed by atoms with E-state index in [1.165, 1.54) is 62.0 Å². The van der Waals surface area contributed by atoms with Gasteiger partial charge in [-0.1, -0.05) is 249 Å². The largest absolute Gasteiger partial charge is 0.308 e. The van der Waals surface area contributed by atoms with Crippen molar-refractivity contribution in [1.82, 2.24) is 39.0 Å². The standard InChI is InChI=1S/C84H50N8S2/c1-4-20-51(21-5-1)52-38-42-56(43-39-52)81-86-82(90-84(89-81)58-26-18-28-60(48-58)91-70-34-14-10-30-62(70)65-46-47-66-64-32-12-16-36-72(64)93-77(66)75(65)91)57-44-40-53(41-45-57)68-50-69-63-31-11-15-35-71(63)92(76(69)78-74(68)67-33-13-17-37-73(67)94-78)61-29-19-27-59(49-61)83-87-79(54-22-6-2-7-23-54)85-80(88-83)55-24-8-3-9-25-55/h1-50H. The van der Waals surface area contributed by atoms with Crippen LogP contribution in [0.2, 0.25) is 0 Å². The molecule has 438 valence electrons. The van der Waals surface area contributed by atoms with E-state index in [1.54, 1.807) is 0 Å². The molecule has 8 nitrogen and oxygen atoms in total. The van der Waals surface area contributed by atoms with Gasteiger partial charge in [0.15, 0.2) is 34.9 Å². The van der Waals surface area contributed by atoms with Crippen LogP contribution in [0, 0.1) is 0 Å². The Morgan fingerprint density at radius 1 is 0.223 bits per heavy atom. The zero-order valence-corrected chi connectivity index (χ0v) is 51.9. The van der Waals surface area contributed by atoms with Gasteiger partial charge in [0.05, 0.1) is 31.5 Å². The highest BCUT2D eigenvalue weighted by Crippen LogP contribution is 2.49. The highest BCUT2D eigenvalue weighted by atomic mass is 32.1. The summed E-state index contributed by atoms with van der Waals surface area (Å²) in [6.45, 7) is 0. The summed E-state index contributed by atoms with van der Waals surface area (Å²) in [5.41, 5.74) is 16.6. The number of benzene rings is 13. The molecular weight excluding hydrogens is 1190 g/mol. The Morgan fingerprint density at radius 2 is 0.585 bits per heavy atom. The van der Waals surface area contributed by atoms with Crippen LogP contribution in [0.4, 0.5) is 0 Å². The van der Waals surface area contributed by atoms with Crippen molar-refractivity contribution >= 4 is 107 Å². The lowest BCUT2D eigenvalue weighted by atomic mass is 9.96. The second kappa shape index (κ2) is 21.8. The van der Waals surface area contributed by atoms with E-state index >= 15 is 0 Å². The Bertz CT molecular complexity index is 6150. The van der Waals surface area contributed by atoms with E-state index in [-0.39, 0.29) is 0 Å². The third kappa shape index (κ3) is 8.87. The van der Waals surface area contributed by atoms with Crippen molar-refractivity contribution in [3.63, 3.8) is 0 Å². The Morgan fingerprint density at radius 3 is 1.13 bits per heavy atom. The van der Waals surface area contributed by atoms with Crippen LogP contribution < -0.4 is 0 Å². The molecule has 94 heavy (non-hydrogen) atoms. The van der Waals surface area contributed by atoms with Gasteiger partial charge in [-0.2, -0.15) is 0 Å². The molecule has 19 aromatic rings. The minimum atomic E-state index is 0.588. The van der Waals surface area contributed by atoms with Crippen LogP contribution in [-0.2, 0) is 0 Å². The van der Waals surface area contributed by atoms with E-state index in [1.807, 2.05) is 89.4 Å². The fraction of sp³-hybridized carbons (Fsp3) is 0. The lowest BCUT2D eigenvalue weighted by Gasteiger charge is -2.13. The molecule has 0 atom stereocenters. The summed E-state index contributed by atoms with van der Waals surface area (Å²) < 4.78 is 9.83. The van der Waals surface area contributed by atoms with Crippen LogP contribution in [0.25, 0.3) is 186 Å². The van der Waals surface area contributed by atoms with Crippen LogP contribution >= 0.6 is 22.7 Å². The van der Waals surface area contributed by atoms with Gasteiger partial charge >= 0.3 is 0 Å². The number of thiophene rings is 2. The van der Waals surface area contributed by atoms with Crippen LogP contribution in [0.15, 0.2) is 303 Å². The maximum Gasteiger partial charge on any atom is 0.164 e. The van der Waals surface area contributed by atoms with Crippen molar-refractivity contribution in [3.05, 3.63) is 303 Å². The number of fused-ring (bicyclic) bond motifs is 14. The Hall–Kier alpha value is -12.1. The van der Waals surface area contributed by atoms with Crippen LogP contribution in [0.3, 0.4) is 0 Å². The molecule has 0 aliphatic heterocycles. The van der Waals surface area contributed by atoms with E-state index in [4.69, 9.17) is 29.9 Å². The number of nitrogens with zero attached hydrogens (tertiary/aromatic N) is 8. The summed E-state index contributed by atoms with van der Waals surface area (Å²) in [6, 6.07) is 108. The van der Waals surface area contributed by atoms with Crippen molar-refractivity contribution in [2.24, 2.45) is 0 Å². The zero-order chi connectivity index (χ0) is 61.8. The molecule has 6 heterocycles. The number of para-hydroxylation sites is 2. The second-order valence-electron chi connectivity index (χ2n) is 23.7. The second-order valence-corrected chi connectivity index (χ2v) is 25.8. The molecule has 0 N–H and O–H groups in total. The molecule has 0 aliphatic rings. The minimum Gasteiger partial charge on any atom is -0.308 e. The van der Waals surface area contributed by atoms with Gasteiger partial charge in [0, 0.05) is 97.2 Å². The highest BCUT2D eigenvalue weighted by molar-refractivity contribution is 7.27. The van der Waals surface area contributed by atoms with Gasteiger partial charge in [0.2, 0.25) is 0 Å². The van der Waals surface area contributed by atoms with Crippen molar-refractivity contribution in [3.8, 4) is 102 Å². The molecule has 19 rings (SSSR count). The number of hydrogen-bond acceptors (Lipinski definition) is 8. The van der Waals surface area contributed by atoms with Gasteiger partial charge in [0.1, 0.15) is 0 Å². The van der Waals surface area contributed by atoms with Gasteiger partial charge in [-0.25, -0.2) is 29.9 Å². The van der Waals surface area contributed by atoms with E-state index in [9.17, 15) is 0 Å². The van der Waals surface area contributed by atoms with Crippen molar-refractivity contribution in [1.29, 1.82) is 0 Å². The number of rotatable bonds is 10. The topological polar surface area (TPSA) is 87.2 Å². The number of aromatic nitrogens is 8. The molecule has 13 aromatic carbocycles. The van der Waals surface area contributed by atoms with Crippen LogP contribution in [-0.4, -0.2) is 39.0 Å². The molecule has 0 saturated heterocycles. The summed E-state index contributed by atoms with van der Waals surface area (Å²) in [4.78, 5) is 31.4. The average Bonchev–Trinajstić information content (AvgIpc) is 1.29. The maximum absolute atomic E-state index is 5.40. The summed E-state index contributed by atoms with van der Waals surface area (Å²) in [5, 5.41) is 9.72. The normalized spacial score (nSPS) is 11.8. The van der Waals surface area contributed by atoms with Crippen molar-refractivity contribution in [2.45, 2.75) is 0 Å². The zero-order valence-electron chi connectivity index (χ0n) is 50.3. The molecule has 0 spiro atoms. The Labute approximate surface area is 547 Å². The van der Waals surface area contributed by atoms with E-state index in [0.29, 0.717) is 34.9 Å². The van der Waals surface area contributed by atoms with Crippen LogP contribution in [0.5, 0.6) is 0 Å². The Balaban J connectivity index is 0.754. The maximum atomic E-state index is 5.40. The van der Waals surface area contributed by atoms with Crippen molar-refractivity contribution < 1.29 is 0 Å². The summed E-state index contributed by atoms with van der Waals surface area (Å²) >= 11 is 3.70. The highest BCUT2D eigenvalue weighted by Gasteiger charge is 2.24. The molecule has 0 saturated carbocycles. The average molecular weight is 1240 g/mol. The lowest BCUT2D eigenvalue weighted by molar-refractivity contribution is 1.07. The molecule has 0 amide bonds. The van der Waals surface area contributed by atoms with Crippen LogP contribution in [0.1, 0.15) is 0 Å². The Kier molecular flexibility index (Phi) is 12.5. The molecule has 0 radical (unpaired) electrons. The third-order valence-electron chi connectivity index (χ3n) is 18.2. The van der Waals surface area contributed by atoms with Gasteiger partial charge in [-0.05, 0) is 76.9 Å². The van der Waals surface area contributed by atoms with E-state index < -0.39 is 0 Å². The molecule has 0 bridgehead atoms. The number of hydrogen-bond donors (Lipinski definition) is 0. The van der Waals surface area contributed by atoms with Gasteiger partial charge in [-0.15, -0.1) is 22.7 Å². The minimum absolute atomic E-state index is 0.588. The molecule has 10 heteroatoms. The van der Waals surface area contributed by atoms with Crippen molar-refractivity contribution in [2.75, 3.05) is 0 Å². The quantitative estimate of drug-likeness (QED) is 0.136. The predicted octanol–water partition coefficient (Wildman–Crippen LogP) is 22.3. The molecule has 0 unspecified atom stereocenters. The van der Waals surface area contributed by atoms with Gasteiger partial charge in [0.25, 0.3) is 0 Å². The van der Waals surface area contributed by atoms with Gasteiger partial charge in [-0.3, -0.25) is 0 Å². The lowest BCUT2D eigenvalue weighted by Crippen LogP contribution is -2.01. The fourth-order valence-corrected chi connectivity index (χ4v) is 16.3. The first-order valence-corrected chi connectivity index (χ1v) is 33.0. The first kappa shape index (κ1) is 53.7. The summed E-state index contributed by atoms with van der Waals surface area (Å²) in [6.07, 6.45) is 0. The van der Waals surface area contributed by atoms with E-state index in [2.05, 4.69) is 246 Å². The first-order valence-electron chi connectivity index (χ1n) is 31.4. The molecule has 0 fully saturated rings. The monoisotopic (exact) mass is 1230 g/mol. The summed E-state index contributed by atoms with van der Waals surface area (Å²) in [7, 11) is 0. The molecule has 6 aromatic heterocycles. The summed E-state index contributed by atoms with van der Waals surface area (Å²) in [5.74, 6) is 3.63. The fourth-order valence-electron chi connectivity index (χ4n) is 13.8. The SMILES string of the molecule is c1ccc(-c2ccc(-c3nc(-c4ccc(-c5cc6c7ccccc7n(-c7cccc(-c8nc(-c9ccccc9)nc(-c9ccccc9)n8)c7)c6c6sc7ccccc7c56)cc4)nc(-c4cccc(-n5c6ccccc6c6ccc7c8ccccc8sc7c65)c4)n3)cc2)cc1. The predicted molar refractivity (Wildman–Crippen MR) is 391 cm³/mol. The van der Waals surface area contributed by atoms with Gasteiger partial charge < -0.3 is 9.13 Å². The molecular formula is C84H50N8S2. The van der Waals surface area contributed by atoms with E-state index in [0.717, 1.165) is 88.9 Å². The molecule has 0 aliphatic carbocycles. The first-order chi connectivity index (χ1) is 46.6. The smallest absolute Gasteiger partial charge is 0.164 e. The third-order valence-corrected chi connectivity index (χ3v) is 20.6.